The molecule has 2 aromatic rings. The summed E-state index contributed by atoms with van der Waals surface area (Å²) in [5.74, 6) is 0. The van der Waals surface area contributed by atoms with Crippen LogP contribution >= 0.6 is 0 Å². The standard InChI is InChI=1S/C13H12N4O/c1-17(16-18)13-9-7-12(8-10-13)15-14-11-5-3-2-4-6-11/h2-10H,1H3. The highest BCUT2D eigenvalue weighted by Gasteiger charge is 1.98. The molecule has 0 aliphatic heterocycles. The first kappa shape index (κ1) is 11.9. The van der Waals surface area contributed by atoms with E-state index in [0.29, 0.717) is 5.69 Å². The summed E-state index contributed by atoms with van der Waals surface area (Å²) >= 11 is 0. The molecule has 0 aromatic heterocycles. The Labute approximate surface area is 105 Å². The number of hydrogen-bond acceptors (Lipinski definition) is 4. The maximum absolute atomic E-state index is 10.3. The number of azo groups is 1. The Morgan fingerprint density at radius 1 is 0.833 bits per heavy atom. The molecule has 18 heavy (non-hydrogen) atoms. The van der Waals surface area contributed by atoms with Gasteiger partial charge in [0, 0.05) is 7.05 Å². The van der Waals surface area contributed by atoms with Crippen molar-refractivity contribution in [1.82, 2.24) is 0 Å². The summed E-state index contributed by atoms with van der Waals surface area (Å²) in [6.45, 7) is 0. The lowest BCUT2D eigenvalue weighted by atomic mass is 10.3. The third kappa shape index (κ3) is 2.98. The van der Waals surface area contributed by atoms with Crippen LogP contribution in [0.25, 0.3) is 0 Å². The van der Waals surface area contributed by atoms with Gasteiger partial charge in [-0.15, -0.1) is 4.91 Å². The second kappa shape index (κ2) is 5.67. The summed E-state index contributed by atoms with van der Waals surface area (Å²) in [7, 11) is 1.59. The van der Waals surface area contributed by atoms with Crippen molar-refractivity contribution in [1.29, 1.82) is 0 Å². The van der Waals surface area contributed by atoms with E-state index >= 15 is 0 Å². The predicted molar refractivity (Wildman–Crippen MR) is 71.3 cm³/mol. The van der Waals surface area contributed by atoms with Gasteiger partial charge in [0.2, 0.25) is 0 Å². The van der Waals surface area contributed by atoms with Crippen molar-refractivity contribution in [2.24, 2.45) is 15.5 Å². The van der Waals surface area contributed by atoms with Crippen LogP contribution in [-0.2, 0) is 0 Å². The molecule has 0 aliphatic carbocycles. The molecule has 5 heteroatoms. The minimum atomic E-state index is 0.712. The van der Waals surface area contributed by atoms with Gasteiger partial charge in [0.25, 0.3) is 0 Å². The van der Waals surface area contributed by atoms with Crippen molar-refractivity contribution in [2.45, 2.75) is 0 Å². The van der Waals surface area contributed by atoms with Crippen LogP contribution < -0.4 is 5.01 Å². The zero-order valence-electron chi connectivity index (χ0n) is 9.89. The highest BCUT2D eigenvalue weighted by atomic mass is 16.3. The zero-order valence-corrected chi connectivity index (χ0v) is 9.89. The first-order valence-corrected chi connectivity index (χ1v) is 5.43. The minimum absolute atomic E-state index is 0.712. The molecule has 0 fully saturated rings. The van der Waals surface area contributed by atoms with Crippen molar-refractivity contribution in [3.63, 3.8) is 0 Å². The van der Waals surface area contributed by atoms with Crippen LogP contribution in [-0.4, -0.2) is 7.05 Å². The molecule has 0 bridgehead atoms. The first-order chi connectivity index (χ1) is 8.79. The van der Waals surface area contributed by atoms with E-state index in [4.69, 9.17) is 0 Å². The summed E-state index contributed by atoms with van der Waals surface area (Å²) in [5.41, 5.74) is 2.24. The zero-order chi connectivity index (χ0) is 12.8. The van der Waals surface area contributed by atoms with Crippen molar-refractivity contribution in [3.05, 3.63) is 59.5 Å². The Morgan fingerprint density at radius 2 is 1.39 bits per heavy atom. The van der Waals surface area contributed by atoms with Crippen molar-refractivity contribution >= 4 is 17.1 Å². The fourth-order valence-corrected chi connectivity index (χ4v) is 1.39. The van der Waals surface area contributed by atoms with E-state index in [0.717, 1.165) is 11.4 Å². The molecular weight excluding hydrogens is 228 g/mol. The maximum atomic E-state index is 10.3. The molecule has 2 aromatic carbocycles. The quantitative estimate of drug-likeness (QED) is 0.456. The smallest absolute Gasteiger partial charge is 0.0858 e. The van der Waals surface area contributed by atoms with Crippen molar-refractivity contribution in [3.8, 4) is 0 Å². The van der Waals surface area contributed by atoms with E-state index < -0.39 is 0 Å². The van der Waals surface area contributed by atoms with Gasteiger partial charge in [-0.3, -0.25) is 0 Å². The molecule has 0 amide bonds. The molecule has 0 spiro atoms. The topological polar surface area (TPSA) is 57.4 Å². The number of rotatable bonds is 4. The van der Waals surface area contributed by atoms with Crippen LogP contribution in [0.15, 0.2) is 70.1 Å². The SMILES string of the molecule is CN(N=O)c1ccc(N=Nc2ccccc2)cc1. The van der Waals surface area contributed by atoms with E-state index in [1.54, 1.807) is 31.3 Å². The Kier molecular flexibility index (Phi) is 3.76. The van der Waals surface area contributed by atoms with E-state index in [1.807, 2.05) is 30.3 Å². The number of anilines is 1. The molecule has 90 valence electrons. The third-order valence-corrected chi connectivity index (χ3v) is 2.38. The number of nitroso groups, excluding NO2 is 1. The highest BCUT2D eigenvalue weighted by molar-refractivity contribution is 5.51. The molecule has 0 saturated heterocycles. The fraction of sp³-hybridized carbons (Fsp3) is 0.0769. The Bertz CT molecular complexity index is 537. The van der Waals surface area contributed by atoms with Crippen LogP contribution in [0.1, 0.15) is 0 Å². The molecule has 0 unspecified atom stereocenters. The van der Waals surface area contributed by atoms with E-state index in [1.165, 1.54) is 5.01 Å². The largest absolute Gasteiger partial charge is 0.232 e. The van der Waals surface area contributed by atoms with Gasteiger partial charge in [-0.05, 0) is 36.4 Å². The van der Waals surface area contributed by atoms with Gasteiger partial charge in [-0.25, -0.2) is 5.01 Å². The van der Waals surface area contributed by atoms with Gasteiger partial charge < -0.3 is 0 Å². The second-order valence-corrected chi connectivity index (χ2v) is 3.66. The van der Waals surface area contributed by atoms with Gasteiger partial charge in [0.1, 0.15) is 0 Å². The molecular formula is C13H12N4O. The third-order valence-electron chi connectivity index (χ3n) is 2.38. The van der Waals surface area contributed by atoms with Crippen LogP contribution in [0.3, 0.4) is 0 Å². The predicted octanol–water partition coefficient (Wildman–Crippen LogP) is 4.22. The van der Waals surface area contributed by atoms with Crippen molar-refractivity contribution in [2.75, 3.05) is 12.1 Å². The summed E-state index contributed by atoms with van der Waals surface area (Å²) in [5, 5.41) is 12.3. The van der Waals surface area contributed by atoms with E-state index in [-0.39, 0.29) is 0 Å². The Morgan fingerprint density at radius 3 is 1.94 bits per heavy atom. The molecule has 0 N–H and O–H groups in total. The van der Waals surface area contributed by atoms with Gasteiger partial charge in [-0.2, -0.15) is 10.2 Å². The molecule has 2 rings (SSSR count). The number of nitrogens with zero attached hydrogens (tertiary/aromatic N) is 4. The normalized spacial score (nSPS) is 10.5. The lowest BCUT2D eigenvalue weighted by Gasteiger charge is -2.07. The minimum Gasteiger partial charge on any atom is -0.232 e. The molecule has 0 aliphatic rings. The summed E-state index contributed by atoms with van der Waals surface area (Å²) < 4.78 is 0. The average Bonchev–Trinajstić information content (AvgIpc) is 2.46. The average molecular weight is 240 g/mol. The van der Waals surface area contributed by atoms with Gasteiger partial charge in [0.15, 0.2) is 0 Å². The Balaban J connectivity index is 2.11. The van der Waals surface area contributed by atoms with E-state index in [9.17, 15) is 4.91 Å². The van der Waals surface area contributed by atoms with Crippen LogP contribution in [0.2, 0.25) is 0 Å². The van der Waals surface area contributed by atoms with Gasteiger partial charge in [0.05, 0.1) is 22.3 Å². The first-order valence-electron chi connectivity index (χ1n) is 5.43. The summed E-state index contributed by atoms with van der Waals surface area (Å²) in [4.78, 5) is 10.3. The summed E-state index contributed by atoms with van der Waals surface area (Å²) in [6.07, 6.45) is 0. The van der Waals surface area contributed by atoms with E-state index in [2.05, 4.69) is 15.5 Å². The molecule has 0 radical (unpaired) electrons. The molecule has 5 nitrogen and oxygen atoms in total. The molecule has 0 saturated carbocycles. The fourth-order valence-electron chi connectivity index (χ4n) is 1.39. The van der Waals surface area contributed by atoms with Crippen LogP contribution in [0.4, 0.5) is 17.1 Å². The van der Waals surface area contributed by atoms with Gasteiger partial charge in [-0.1, -0.05) is 18.2 Å². The maximum Gasteiger partial charge on any atom is 0.0858 e. The molecule has 0 heterocycles. The highest BCUT2D eigenvalue weighted by Crippen LogP contribution is 2.21. The monoisotopic (exact) mass is 240 g/mol. The van der Waals surface area contributed by atoms with Crippen molar-refractivity contribution < 1.29 is 0 Å². The lowest BCUT2D eigenvalue weighted by molar-refractivity contribution is 1.00. The Hall–Kier alpha value is -2.56. The number of benzene rings is 2. The number of hydrogen-bond donors (Lipinski definition) is 0. The lowest BCUT2D eigenvalue weighted by Crippen LogP contribution is -2.05. The van der Waals surface area contributed by atoms with Crippen LogP contribution in [0, 0.1) is 4.91 Å². The molecule has 0 atom stereocenters. The van der Waals surface area contributed by atoms with Gasteiger partial charge >= 0.3 is 0 Å². The second-order valence-electron chi connectivity index (χ2n) is 3.66. The van der Waals surface area contributed by atoms with Crippen LogP contribution in [0.5, 0.6) is 0 Å². The summed E-state index contributed by atoms with van der Waals surface area (Å²) in [6, 6.07) is 16.6.